The molecule has 0 rings (SSSR count). The molecular formula is C12H22N2O3. The molecule has 0 saturated heterocycles. The number of urea groups is 1. The fraction of sp³-hybridized carbons (Fsp3) is 0.667. The van der Waals surface area contributed by atoms with Crippen molar-refractivity contribution in [2.75, 3.05) is 13.6 Å². The third kappa shape index (κ3) is 3.47. The number of hydrogen-bond acceptors (Lipinski definition) is 2. The molecule has 0 atom stereocenters. The Bertz CT molecular complexity index is 322. The van der Waals surface area contributed by atoms with Gasteiger partial charge in [-0.05, 0) is 27.7 Å². The number of carbonyl (C=O) groups excluding carboxylic acids is 1. The van der Waals surface area contributed by atoms with Gasteiger partial charge in [-0.2, -0.15) is 0 Å². The van der Waals surface area contributed by atoms with Crippen molar-refractivity contribution in [3.63, 3.8) is 0 Å². The fourth-order valence-electron chi connectivity index (χ4n) is 1.06. The van der Waals surface area contributed by atoms with Gasteiger partial charge in [0.15, 0.2) is 0 Å². The number of likely N-dealkylation sites (N-methyl/N-ethyl adjacent to an activating group) is 1. The molecule has 2 amide bonds. The second-order valence-electron chi connectivity index (χ2n) is 5.15. The van der Waals surface area contributed by atoms with Crippen LogP contribution in [0.1, 0.15) is 27.7 Å². The number of carbonyl (C=O) groups is 2. The molecule has 0 unspecified atom stereocenters. The third-order valence-corrected chi connectivity index (χ3v) is 3.27. The Labute approximate surface area is 102 Å². The normalized spacial score (nSPS) is 11.8. The van der Waals surface area contributed by atoms with Crippen molar-refractivity contribution in [1.29, 1.82) is 0 Å². The summed E-state index contributed by atoms with van der Waals surface area (Å²) in [5.41, 5.74) is -1.91. The molecule has 98 valence electrons. The molecule has 0 spiro atoms. The highest BCUT2D eigenvalue weighted by molar-refractivity contribution is 5.79. The van der Waals surface area contributed by atoms with Crippen molar-refractivity contribution in [1.82, 2.24) is 10.2 Å². The number of carboxylic acids is 1. The molecule has 0 bridgehead atoms. The molecule has 0 aliphatic heterocycles. The van der Waals surface area contributed by atoms with Gasteiger partial charge in [0.05, 0.1) is 11.0 Å². The summed E-state index contributed by atoms with van der Waals surface area (Å²) in [6.45, 7) is 10.5. The molecule has 0 aromatic carbocycles. The van der Waals surface area contributed by atoms with E-state index < -0.39 is 16.9 Å². The zero-order valence-corrected chi connectivity index (χ0v) is 11.2. The maximum Gasteiger partial charge on any atom is 0.317 e. The van der Waals surface area contributed by atoms with Crippen molar-refractivity contribution >= 4 is 12.0 Å². The van der Waals surface area contributed by atoms with Crippen LogP contribution in [0.2, 0.25) is 0 Å². The first kappa shape index (κ1) is 15.5. The second-order valence-corrected chi connectivity index (χ2v) is 5.15. The molecule has 0 fully saturated rings. The SMILES string of the molecule is C=CCN(C)C(=O)NC(C)(C)C(C)(C)C(=O)O. The first-order valence-electron chi connectivity index (χ1n) is 5.44. The summed E-state index contributed by atoms with van der Waals surface area (Å²) in [6.07, 6.45) is 1.61. The minimum Gasteiger partial charge on any atom is -0.481 e. The van der Waals surface area contributed by atoms with Gasteiger partial charge in [-0.3, -0.25) is 4.79 Å². The lowest BCUT2D eigenvalue weighted by atomic mass is 9.74. The van der Waals surface area contributed by atoms with Crippen LogP contribution in [0.3, 0.4) is 0 Å². The molecule has 0 saturated carbocycles. The number of nitrogens with zero attached hydrogens (tertiary/aromatic N) is 1. The van der Waals surface area contributed by atoms with E-state index >= 15 is 0 Å². The van der Waals surface area contributed by atoms with Gasteiger partial charge in [0.25, 0.3) is 0 Å². The first-order chi connectivity index (χ1) is 7.56. The summed E-state index contributed by atoms with van der Waals surface area (Å²) in [6, 6.07) is -0.316. The molecule has 0 aromatic heterocycles. The predicted molar refractivity (Wildman–Crippen MR) is 66.9 cm³/mol. The number of nitrogens with one attached hydrogen (secondary N) is 1. The van der Waals surface area contributed by atoms with Crippen molar-refractivity contribution in [2.24, 2.45) is 5.41 Å². The highest BCUT2D eigenvalue weighted by Crippen LogP contribution is 2.30. The lowest BCUT2D eigenvalue weighted by Crippen LogP contribution is -2.59. The van der Waals surface area contributed by atoms with Gasteiger partial charge in [-0.1, -0.05) is 6.08 Å². The highest BCUT2D eigenvalue weighted by atomic mass is 16.4. The topological polar surface area (TPSA) is 69.6 Å². The van der Waals surface area contributed by atoms with Crippen LogP contribution < -0.4 is 5.32 Å². The first-order valence-corrected chi connectivity index (χ1v) is 5.44. The van der Waals surface area contributed by atoms with Crippen molar-refractivity contribution in [3.8, 4) is 0 Å². The maximum absolute atomic E-state index is 11.8. The smallest absolute Gasteiger partial charge is 0.317 e. The summed E-state index contributed by atoms with van der Waals surface area (Å²) >= 11 is 0. The molecule has 5 nitrogen and oxygen atoms in total. The zero-order chi connectivity index (χ0) is 13.9. The van der Waals surface area contributed by atoms with Crippen LogP contribution in [0.15, 0.2) is 12.7 Å². The van der Waals surface area contributed by atoms with Crippen LogP contribution in [0, 0.1) is 5.41 Å². The third-order valence-electron chi connectivity index (χ3n) is 3.27. The van der Waals surface area contributed by atoms with E-state index in [-0.39, 0.29) is 6.03 Å². The maximum atomic E-state index is 11.8. The molecular weight excluding hydrogens is 220 g/mol. The van der Waals surface area contributed by atoms with E-state index in [2.05, 4.69) is 11.9 Å². The van der Waals surface area contributed by atoms with Gasteiger partial charge < -0.3 is 15.3 Å². The number of amides is 2. The summed E-state index contributed by atoms with van der Waals surface area (Å²) in [5.74, 6) is -0.950. The Morgan fingerprint density at radius 1 is 1.35 bits per heavy atom. The van der Waals surface area contributed by atoms with Gasteiger partial charge >= 0.3 is 12.0 Å². The predicted octanol–water partition coefficient (Wildman–Crippen LogP) is 1.70. The Kier molecular flexibility index (Phi) is 4.74. The van der Waals surface area contributed by atoms with Crippen LogP contribution in [0.5, 0.6) is 0 Å². The minimum absolute atomic E-state index is 0.316. The number of aliphatic carboxylic acids is 1. The van der Waals surface area contributed by atoms with Crippen molar-refractivity contribution < 1.29 is 14.7 Å². The quantitative estimate of drug-likeness (QED) is 0.721. The standard InChI is InChI=1S/C12H22N2O3/c1-7-8-14(6)10(17)13-12(4,5)11(2,3)9(15)16/h7H,1,8H2,2-6H3,(H,13,17)(H,15,16). The van der Waals surface area contributed by atoms with Gasteiger partial charge in [-0.25, -0.2) is 4.79 Å². The molecule has 0 aliphatic carbocycles. The van der Waals surface area contributed by atoms with Gasteiger partial charge in [-0.15, -0.1) is 6.58 Å². The van der Waals surface area contributed by atoms with E-state index in [1.54, 1.807) is 40.8 Å². The molecule has 0 aliphatic rings. The summed E-state index contributed by atoms with van der Waals surface area (Å²) in [5, 5.41) is 11.9. The van der Waals surface area contributed by atoms with E-state index in [1.165, 1.54) is 4.90 Å². The number of rotatable bonds is 5. The molecule has 17 heavy (non-hydrogen) atoms. The Morgan fingerprint density at radius 3 is 2.18 bits per heavy atom. The Hall–Kier alpha value is -1.52. The van der Waals surface area contributed by atoms with E-state index in [0.717, 1.165) is 0 Å². The molecule has 0 heterocycles. The van der Waals surface area contributed by atoms with E-state index in [4.69, 9.17) is 5.11 Å². The van der Waals surface area contributed by atoms with Crippen LogP contribution in [-0.4, -0.2) is 41.1 Å². The summed E-state index contributed by atoms with van der Waals surface area (Å²) in [7, 11) is 1.63. The van der Waals surface area contributed by atoms with Gasteiger partial charge in [0.1, 0.15) is 0 Å². The zero-order valence-electron chi connectivity index (χ0n) is 11.2. The summed E-state index contributed by atoms with van der Waals surface area (Å²) < 4.78 is 0. The van der Waals surface area contributed by atoms with Crippen molar-refractivity contribution in [2.45, 2.75) is 33.2 Å². The van der Waals surface area contributed by atoms with Crippen LogP contribution in [0.25, 0.3) is 0 Å². The lowest BCUT2D eigenvalue weighted by Gasteiger charge is -2.39. The van der Waals surface area contributed by atoms with E-state index in [9.17, 15) is 9.59 Å². The summed E-state index contributed by atoms with van der Waals surface area (Å²) in [4.78, 5) is 24.4. The fourth-order valence-corrected chi connectivity index (χ4v) is 1.06. The average Bonchev–Trinajstić information content (AvgIpc) is 2.16. The molecule has 0 radical (unpaired) electrons. The molecule has 2 N–H and O–H groups in total. The van der Waals surface area contributed by atoms with Crippen LogP contribution >= 0.6 is 0 Å². The van der Waals surface area contributed by atoms with Crippen LogP contribution in [0.4, 0.5) is 4.79 Å². The van der Waals surface area contributed by atoms with E-state index in [1.807, 2.05) is 0 Å². The monoisotopic (exact) mass is 242 g/mol. The van der Waals surface area contributed by atoms with Gasteiger partial charge in [0.2, 0.25) is 0 Å². The largest absolute Gasteiger partial charge is 0.481 e. The average molecular weight is 242 g/mol. The highest BCUT2D eigenvalue weighted by Gasteiger charge is 2.44. The number of hydrogen-bond donors (Lipinski definition) is 2. The minimum atomic E-state index is -1.06. The lowest BCUT2D eigenvalue weighted by molar-refractivity contribution is -0.150. The Balaban J connectivity index is 4.82. The van der Waals surface area contributed by atoms with Gasteiger partial charge in [0, 0.05) is 13.6 Å². The van der Waals surface area contributed by atoms with Crippen molar-refractivity contribution in [3.05, 3.63) is 12.7 Å². The molecule has 0 aromatic rings. The van der Waals surface area contributed by atoms with E-state index in [0.29, 0.717) is 6.54 Å². The van der Waals surface area contributed by atoms with Crippen LogP contribution in [-0.2, 0) is 4.79 Å². The molecule has 5 heteroatoms. The second kappa shape index (κ2) is 5.21. The Morgan fingerprint density at radius 2 is 1.82 bits per heavy atom. The number of carboxylic acid groups (broad SMARTS) is 1.